The van der Waals surface area contributed by atoms with Gasteiger partial charge in [-0.3, -0.25) is 9.78 Å². The maximum absolute atomic E-state index is 11.7. The van der Waals surface area contributed by atoms with Crippen LogP contribution in [-0.4, -0.2) is 9.97 Å². The number of benzene rings is 1. The molecular weight excluding hydrogens is 204 g/mol. The fraction of sp³-hybridized carbons (Fsp3) is 0.333. The zero-order valence-corrected chi connectivity index (χ0v) is 9.33. The van der Waals surface area contributed by atoms with E-state index in [2.05, 4.69) is 23.8 Å². The Morgan fingerprint density at radius 3 is 2.62 bits per heavy atom. The topological polar surface area (TPSA) is 65.7 Å². The van der Waals surface area contributed by atoms with Gasteiger partial charge in [0.05, 0.1) is 10.9 Å². The van der Waals surface area contributed by atoms with Crippen molar-refractivity contribution in [2.45, 2.75) is 20.3 Å². The predicted molar refractivity (Wildman–Crippen MR) is 63.7 cm³/mol. The molecule has 0 bridgehead atoms. The van der Waals surface area contributed by atoms with Gasteiger partial charge >= 0.3 is 5.69 Å². The van der Waals surface area contributed by atoms with E-state index in [9.17, 15) is 9.59 Å². The van der Waals surface area contributed by atoms with Crippen molar-refractivity contribution in [3.63, 3.8) is 0 Å². The van der Waals surface area contributed by atoms with E-state index >= 15 is 0 Å². The minimum absolute atomic E-state index is 0.310. The van der Waals surface area contributed by atoms with Crippen molar-refractivity contribution >= 4 is 10.9 Å². The Bertz CT molecular complexity index is 623. The van der Waals surface area contributed by atoms with E-state index in [0.717, 1.165) is 12.0 Å². The number of nitrogens with one attached hydrogen (secondary N) is 2. The van der Waals surface area contributed by atoms with Crippen molar-refractivity contribution < 1.29 is 0 Å². The summed E-state index contributed by atoms with van der Waals surface area (Å²) in [5, 5.41) is 0.593. The first-order chi connectivity index (χ1) is 7.58. The molecule has 0 aliphatic carbocycles. The fourth-order valence-corrected chi connectivity index (χ4v) is 1.90. The summed E-state index contributed by atoms with van der Waals surface area (Å²) in [7, 11) is 0. The number of aromatic amines is 2. The number of aromatic nitrogens is 2. The van der Waals surface area contributed by atoms with Crippen LogP contribution in [0.4, 0.5) is 0 Å². The molecule has 1 aromatic heterocycles. The van der Waals surface area contributed by atoms with E-state index in [1.165, 1.54) is 0 Å². The van der Waals surface area contributed by atoms with Crippen molar-refractivity contribution in [2.24, 2.45) is 5.92 Å². The molecular formula is C12H14N2O2. The van der Waals surface area contributed by atoms with Gasteiger partial charge in [0.1, 0.15) is 0 Å². The second kappa shape index (κ2) is 3.96. The Kier molecular flexibility index (Phi) is 2.64. The average molecular weight is 218 g/mol. The molecule has 0 fully saturated rings. The molecule has 4 nitrogen and oxygen atoms in total. The maximum Gasteiger partial charge on any atom is 0.326 e. The van der Waals surface area contributed by atoms with Gasteiger partial charge in [0.25, 0.3) is 5.56 Å². The number of H-pyrrole nitrogens is 2. The number of rotatable bonds is 2. The third-order valence-corrected chi connectivity index (χ3v) is 2.48. The van der Waals surface area contributed by atoms with E-state index in [0.29, 0.717) is 16.8 Å². The molecule has 0 radical (unpaired) electrons. The van der Waals surface area contributed by atoms with Crippen LogP contribution in [0.1, 0.15) is 19.4 Å². The molecule has 0 unspecified atom stereocenters. The monoisotopic (exact) mass is 218 g/mol. The normalized spacial score (nSPS) is 11.2. The Hall–Kier alpha value is -1.84. The van der Waals surface area contributed by atoms with Crippen molar-refractivity contribution in [2.75, 3.05) is 0 Å². The molecule has 16 heavy (non-hydrogen) atoms. The number of fused-ring (bicyclic) bond motifs is 1. The highest BCUT2D eigenvalue weighted by Gasteiger charge is 2.07. The molecule has 0 spiro atoms. The van der Waals surface area contributed by atoms with E-state index in [-0.39, 0.29) is 5.56 Å². The summed E-state index contributed by atoms with van der Waals surface area (Å²) < 4.78 is 0. The van der Waals surface area contributed by atoms with Gasteiger partial charge in [-0.25, -0.2) is 4.79 Å². The van der Waals surface area contributed by atoms with Crippen molar-refractivity contribution in [1.29, 1.82) is 0 Å². The molecule has 0 saturated heterocycles. The lowest BCUT2D eigenvalue weighted by Crippen LogP contribution is -2.22. The van der Waals surface area contributed by atoms with Crippen LogP contribution in [0.5, 0.6) is 0 Å². The summed E-state index contributed by atoms with van der Waals surface area (Å²) in [5.74, 6) is 0.469. The minimum atomic E-state index is -0.459. The Morgan fingerprint density at radius 1 is 1.19 bits per heavy atom. The van der Waals surface area contributed by atoms with E-state index in [1.807, 2.05) is 12.1 Å². The molecule has 2 rings (SSSR count). The van der Waals surface area contributed by atoms with Gasteiger partial charge < -0.3 is 4.98 Å². The van der Waals surface area contributed by atoms with Gasteiger partial charge in [0, 0.05) is 0 Å². The van der Waals surface area contributed by atoms with Crippen LogP contribution in [0.2, 0.25) is 0 Å². The number of hydrogen-bond donors (Lipinski definition) is 2. The molecule has 0 aliphatic heterocycles. The number of hydrogen-bond acceptors (Lipinski definition) is 2. The van der Waals surface area contributed by atoms with E-state index in [1.54, 1.807) is 6.07 Å². The van der Waals surface area contributed by atoms with Crippen LogP contribution in [-0.2, 0) is 6.42 Å². The zero-order chi connectivity index (χ0) is 11.7. The zero-order valence-electron chi connectivity index (χ0n) is 9.33. The predicted octanol–water partition coefficient (Wildman–Crippen LogP) is 1.41. The Labute approximate surface area is 92.3 Å². The smallest absolute Gasteiger partial charge is 0.307 e. The first-order valence-electron chi connectivity index (χ1n) is 5.32. The molecule has 0 aliphatic rings. The molecule has 1 aromatic carbocycles. The molecule has 2 N–H and O–H groups in total. The van der Waals surface area contributed by atoms with Gasteiger partial charge in [-0.15, -0.1) is 0 Å². The summed E-state index contributed by atoms with van der Waals surface area (Å²) in [6.45, 7) is 4.19. The summed E-state index contributed by atoms with van der Waals surface area (Å²) in [5.41, 5.74) is 0.811. The average Bonchev–Trinajstić information content (AvgIpc) is 2.15. The van der Waals surface area contributed by atoms with Gasteiger partial charge in [0.2, 0.25) is 0 Å². The van der Waals surface area contributed by atoms with Crippen LogP contribution in [0.15, 0.2) is 27.8 Å². The van der Waals surface area contributed by atoms with E-state index in [4.69, 9.17) is 0 Å². The van der Waals surface area contributed by atoms with Crippen molar-refractivity contribution in [3.8, 4) is 0 Å². The van der Waals surface area contributed by atoms with Crippen molar-refractivity contribution in [1.82, 2.24) is 9.97 Å². The van der Waals surface area contributed by atoms with Gasteiger partial charge in [-0.2, -0.15) is 0 Å². The molecule has 4 heteroatoms. The molecule has 0 atom stereocenters. The van der Waals surface area contributed by atoms with E-state index < -0.39 is 5.69 Å². The fourth-order valence-electron chi connectivity index (χ4n) is 1.90. The third kappa shape index (κ3) is 1.91. The molecule has 0 amide bonds. The van der Waals surface area contributed by atoms with Crippen LogP contribution < -0.4 is 11.2 Å². The standard InChI is InChI=1S/C12H14N2O2/c1-7(2)6-8-4-3-5-9-10(8)11(15)14-12(16)13-9/h3-5,7H,6H2,1-2H3,(H2,13,14,15,16). The lowest BCUT2D eigenvalue weighted by Gasteiger charge is -2.07. The minimum Gasteiger partial charge on any atom is -0.307 e. The second-order valence-electron chi connectivity index (χ2n) is 4.35. The largest absolute Gasteiger partial charge is 0.326 e. The van der Waals surface area contributed by atoms with Gasteiger partial charge in [-0.1, -0.05) is 26.0 Å². The van der Waals surface area contributed by atoms with Crippen LogP contribution in [0, 0.1) is 5.92 Å². The molecule has 1 heterocycles. The lowest BCUT2D eigenvalue weighted by molar-refractivity contribution is 0.650. The molecule has 84 valence electrons. The SMILES string of the molecule is CC(C)Cc1cccc2[nH]c(=O)[nH]c(=O)c12. The van der Waals surface area contributed by atoms with Crippen LogP contribution in [0.25, 0.3) is 10.9 Å². The second-order valence-corrected chi connectivity index (χ2v) is 4.35. The highest BCUT2D eigenvalue weighted by Crippen LogP contribution is 2.15. The third-order valence-electron chi connectivity index (χ3n) is 2.48. The lowest BCUT2D eigenvalue weighted by atomic mass is 9.99. The van der Waals surface area contributed by atoms with Crippen molar-refractivity contribution in [3.05, 3.63) is 44.6 Å². The first kappa shape index (κ1) is 10.7. The summed E-state index contributed by atoms with van der Waals surface area (Å²) in [6.07, 6.45) is 0.826. The first-order valence-corrected chi connectivity index (χ1v) is 5.32. The quantitative estimate of drug-likeness (QED) is 0.800. The van der Waals surface area contributed by atoms with Gasteiger partial charge in [0.15, 0.2) is 0 Å². The Morgan fingerprint density at radius 2 is 1.94 bits per heavy atom. The molecule has 0 saturated carbocycles. The maximum atomic E-state index is 11.7. The van der Waals surface area contributed by atoms with Crippen LogP contribution in [0.3, 0.4) is 0 Å². The highest BCUT2D eigenvalue weighted by atomic mass is 16.2. The molecule has 2 aromatic rings. The van der Waals surface area contributed by atoms with Gasteiger partial charge in [-0.05, 0) is 24.0 Å². The highest BCUT2D eigenvalue weighted by molar-refractivity contribution is 5.80. The Balaban J connectivity index is 2.77. The summed E-state index contributed by atoms with van der Waals surface area (Å²) in [6, 6.07) is 5.53. The summed E-state index contributed by atoms with van der Waals surface area (Å²) in [4.78, 5) is 27.7. The summed E-state index contributed by atoms with van der Waals surface area (Å²) >= 11 is 0. The van der Waals surface area contributed by atoms with Crippen LogP contribution >= 0.6 is 0 Å².